The molecule has 0 bridgehead atoms. The number of carboxylic acid groups (broad SMARTS) is 1. The van der Waals surface area contributed by atoms with E-state index in [-0.39, 0.29) is 11.5 Å². The van der Waals surface area contributed by atoms with Gasteiger partial charge in [0.15, 0.2) is 0 Å². The van der Waals surface area contributed by atoms with Gasteiger partial charge in [-0.2, -0.15) is 0 Å². The van der Waals surface area contributed by atoms with Crippen molar-refractivity contribution in [2.75, 3.05) is 11.4 Å². The number of aryl methyl sites for hydroxylation is 1. The lowest BCUT2D eigenvalue weighted by Crippen LogP contribution is -2.37. The van der Waals surface area contributed by atoms with E-state index in [1.54, 1.807) is 16.2 Å². The molecule has 0 saturated carbocycles. The van der Waals surface area contributed by atoms with E-state index in [1.165, 1.54) is 18.3 Å². The quantitative estimate of drug-likeness (QED) is 0.932. The Morgan fingerprint density at radius 1 is 1.26 bits per heavy atom. The van der Waals surface area contributed by atoms with Gasteiger partial charge in [-0.3, -0.25) is 14.4 Å². The monoisotopic (exact) mass is 332 g/mol. The minimum absolute atomic E-state index is 0.00722. The highest BCUT2D eigenvalue weighted by Crippen LogP contribution is 2.31. The van der Waals surface area contributed by atoms with Crippen LogP contribution in [0.3, 0.4) is 0 Å². The molecular formula is C16H16N2O4S. The van der Waals surface area contributed by atoms with Crippen LogP contribution in [0.2, 0.25) is 0 Å². The lowest BCUT2D eigenvalue weighted by Gasteiger charge is -2.21. The van der Waals surface area contributed by atoms with Gasteiger partial charge in [0.1, 0.15) is 12.1 Å². The van der Waals surface area contributed by atoms with Crippen molar-refractivity contribution in [3.63, 3.8) is 0 Å². The summed E-state index contributed by atoms with van der Waals surface area (Å²) >= 11 is 1.62. The van der Waals surface area contributed by atoms with Crippen LogP contribution in [-0.4, -0.2) is 28.1 Å². The predicted octanol–water partition coefficient (Wildman–Crippen LogP) is 1.98. The summed E-state index contributed by atoms with van der Waals surface area (Å²) in [6.45, 7) is 0.111. The van der Waals surface area contributed by atoms with Gasteiger partial charge in [0, 0.05) is 17.6 Å². The average Bonchev–Trinajstić information content (AvgIpc) is 2.88. The zero-order chi connectivity index (χ0) is 16.4. The number of thiophene rings is 1. The number of rotatable bonds is 3. The number of carbonyl (C=O) groups excluding carboxylic acids is 1. The summed E-state index contributed by atoms with van der Waals surface area (Å²) in [7, 11) is 0. The Morgan fingerprint density at radius 2 is 2.09 bits per heavy atom. The van der Waals surface area contributed by atoms with Gasteiger partial charge in [0.05, 0.1) is 5.69 Å². The van der Waals surface area contributed by atoms with Crippen LogP contribution in [0.25, 0.3) is 0 Å². The molecule has 1 aliphatic heterocycles. The van der Waals surface area contributed by atoms with Crippen molar-refractivity contribution in [3.8, 4) is 0 Å². The Balaban J connectivity index is 1.98. The molecule has 0 saturated heterocycles. The molecule has 3 rings (SSSR count). The molecular weight excluding hydrogens is 316 g/mol. The summed E-state index contributed by atoms with van der Waals surface area (Å²) < 4.78 is 1.04. The van der Waals surface area contributed by atoms with Crippen molar-refractivity contribution >= 4 is 28.9 Å². The Labute approximate surface area is 136 Å². The van der Waals surface area contributed by atoms with Crippen molar-refractivity contribution in [2.45, 2.75) is 25.8 Å². The van der Waals surface area contributed by atoms with Crippen molar-refractivity contribution in [1.82, 2.24) is 4.57 Å². The van der Waals surface area contributed by atoms with Gasteiger partial charge in [-0.05, 0) is 42.8 Å². The second-order valence-corrected chi connectivity index (χ2v) is 6.39. The molecule has 0 unspecified atom stereocenters. The Morgan fingerprint density at radius 3 is 2.87 bits per heavy atom. The van der Waals surface area contributed by atoms with Crippen molar-refractivity contribution in [3.05, 3.63) is 50.6 Å². The highest BCUT2D eigenvalue weighted by molar-refractivity contribution is 7.10. The van der Waals surface area contributed by atoms with Gasteiger partial charge in [-0.15, -0.1) is 11.3 Å². The maximum atomic E-state index is 12.8. The van der Waals surface area contributed by atoms with E-state index in [1.807, 2.05) is 11.4 Å². The van der Waals surface area contributed by atoms with E-state index in [2.05, 4.69) is 0 Å². The van der Waals surface area contributed by atoms with Crippen LogP contribution >= 0.6 is 11.3 Å². The van der Waals surface area contributed by atoms with Crippen LogP contribution in [0.1, 0.15) is 28.1 Å². The number of hydrogen-bond donors (Lipinski definition) is 1. The average molecular weight is 332 g/mol. The van der Waals surface area contributed by atoms with Crippen LogP contribution in [0.5, 0.6) is 0 Å². The Kier molecular flexibility index (Phi) is 4.29. The largest absolute Gasteiger partial charge is 0.480 e. The fraction of sp³-hybridized carbons (Fsp3) is 0.312. The second kappa shape index (κ2) is 6.37. The molecule has 2 aromatic rings. The van der Waals surface area contributed by atoms with Gasteiger partial charge in [-0.25, -0.2) is 0 Å². The van der Waals surface area contributed by atoms with E-state index in [9.17, 15) is 14.4 Å². The number of anilines is 1. The molecule has 0 aromatic carbocycles. The zero-order valence-electron chi connectivity index (χ0n) is 12.4. The van der Waals surface area contributed by atoms with Crippen LogP contribution < -0.4 is 10.5 Å². The Hall–Kier alpha value is -2.41. The minimum Gasteiger partial charge on any atom is -0.480 e. The van der Waals surface area contributed by atoms with Gasteiger partial charge < -0.3 is 14.6 Å². The molecule has 3 heterocycles. The molecule has 6 nitrogen and oxygen atoms in total. The van der Waals surface area contributed by atoms with Crippen LogP contribution in [0.15, 0.2) is 34.6 Å². The first kappa shape index (κ1) is 15.5. The minimum atomic E-state index is -1.12. The predicted molar refractivity (Wildman–Crippen MR) is 87.3 cm³/mol. The van der Waals surface area contributed by atoms with Crippen molar-refractivity contribution in [2.24, 2.45) is 0 Å². The van der Waals surface area contributed by atoms with Crippen molar-refractivity contribution < 1.29 is 14.7 Å². The van der Waals surface area contributed by atoms with E-state index in [0.29, 0.717) is 6.54 Å². The molecule has 0 radical (unpaired) electrons. The summed E-state index contributed by atoms with van der Waals surface area (Å²) in [5, 5.41) is 10.8. The molecule has 0 fully saturated rings. The molecule has 1 N–H and O–H groups in total. The maximum Gasteiger partial charge on any atom is 0.323 e. The molecule has 1 aliphatic rings. The number of hydrogen-bond acceptors (Lipinski definition) is 4. The fourth-order valence-corrected chi connectivity index (χ4v) is 3.69. The molecule has 0 atom stereocenters. The molecule has 120 valence electrons. The van der Waals surface area contributed by atoms with E-state index >= 15 is 0 Å². The number of aliphatic carboxylic acids is 1. The summed E-state index contributed by atoms with van der Waals surface area (Å²) in [5.41, 5.74) is 0.305. The normalized spacial score (nSPS) is 14.2. The van der Waals surface area contributed by atoms with Crippen LogP contribution in [0.4, 0.5) is 5.69 Å². The number of nitrogens with zero attached hydrogens (tertiary/aromatic N) is 2. The van der Waals surface area contributed by atoms with Crippen LogP contribution in [0, 0.1) is 0 Å². The molecule has 0 aliphatic carbocycles. The van der Waals surface area contributed by atoms with E-state index in [0.717, 1.165) is 34.4 Å². The molecule has 2 aromatic heterocycles. The third-order valence-corrected chi connectivity index (χ3v) is 4.82. The lowest BCUT2D eigenvalue weighted by molar-refractivity contribution is -0.137. The van der Waals surface area contributed by atoms with E-state index < -0.39 is 18.1 Å². The maximum absolute atomic E-state index is 12.8. The summed E-state index contributed by atoms with van der Waals surface area (Å²) in [5.74, 6) is -1.48. The number of amides is 1. The standard InChI is InChI=1S/C16H16N2O4S/c19-14(20)10-17-7-3-4-11(15(17)21)16(22)18-8-2-1-5-13-12(18)6-9-23-13/h3-4,6-7,9H,1-2,5,8,10H2,(H,19,20). The molecule has 0 spiro atoms. The molecule has 23 heavy (non-hydrogen) atoms. The van der Waals surface area contributed by atoms with Crippen LogP contribution in [-0.2, 0) is 17.8 Å². The highest BCUT2D eigenvalue weighted by Gasteiger charge is 2.25. The summed E-state index contributed by atoms with van der Waals surface area (Å²) in [6, 6.07) is 4.89. The van der Waals surface area contributed by atoms with E-state index in [4.69, 9.17) is 5.11 Å². The number of carbonyl (C=O) groups is 2. The zero-order valence-corrected chi connectivity index (χ0v) is 13.2. The van der Waals surface area contributed by atoms with Gasteiger partial charge in [-0.1, -0.05) is 0 Å². The lowest BCUT2D eigenvalue weighted by atomic mass is 10.2. The highest BCUT2D eigenvalue weighted by atomic mass is 32.1. The Bertz CT molecular complexity index is 808. The van der Waals surface area contributed by atoms with Gasteiger partial charge >= 0.3 is 5.97 Å². The third kappa shape index (κ3) is 3.05. The topological polar surface area (TPSA) is 79.6 Å². The first-order chi connectivity index (χ1) is 11.1. The first-order valence-electron chi connectivity index (χ1n) is 7.37. The fourth-order valence-electron chi connectivity index (χ4n) is 2.76. The second-order valence-electron chi connectivity index (χ2n) is 5.39. The van der Waals surface area contributed by atoms with Crippen molar-refractivity contribution in [1.29, 1.82) is 0 Å². The molecule has 7 heteroatoms. The number of carboxylic acids is 1. The smallest absolute Gasteiger partial charge is 0.323 e. The summed E-state index contributed by atoms with van der Waals surface area (Å²) in [4.78, 5) is 38.8. The number of pyridine rings is 1. The van der Waals surface area contributed by atoms with Gasteiger partial charge in [0.2, 0.25) is 0 Å². The summed E-state index contributed by atoms with van der Waals surface area (Å²) in [6.07, 6.45) is 4.21. The number of fused-ring (bicyclic) bond motifs is 1. The SMILES string of the molecule is O=C(O)Cn1cccc(C(=O)N2CCCCc3sccc32)c1=O. The third-order valence-electron chi connectivity index (χ3n) is 3.85. The first-order valence-corrected chi connectivity index (χ1v) is 8.25. The molecule has 1 amide bonds. The number of aromatic nitrogens is 1. The van der Waals surface area contributed by atoms with Gasteiger partial charge in [0.25, 0.3) is 11.5 Å².